The molecule has 0 aromatic heterocycles. The number of imide groups is 1. The number of rotatable bonds is 3. The van der Waals surface area contributed by atoms with E-state index in [-0.39, 0.29) is 21.8 Å². The van der Waals surface area contributed by atoms with Crippen LogP contribution in [0.2, 0.25) is 0 Å². The molecule has 1 aliphatic heterocycles. The summed E-state index contributed by atoms with van der Waals surface area (Å²) in [5, 5.41) is 2.41. The van der Waals surface area contributed by atoms with Crippen LogP contribution in [0.3, 0.4) is 0 Å². The maximum Gasteiger partial charge on any atom is 0.242 e. The molecule has 0 aliphatic carbocycles. The molecule has 1 fully saturated rings. The Morgan fingerprint density at radius 3 is 2.29 bits per heavy atom. The zero-order valence-electron chi connectivity index (χ0n) is 8.92. The Labute approximate surface area is 89.0 Å². The summed E-state index contributed by atoms with van der Waals surface area (Å²) in [4.78, 5) is 23.1. The maximum atomic E-state index is 11.7. The van der Waals surface area contributed by atoms with E-state index >= 15 is 0 Å². The van der Waals surface area contributed by atoms with Crippen molar-refractivity contribution in [1.82, 2.24) is 5.32 Å². The van der Waals surface area contributed by atoms with Crippen LogP contribution in [-0.4, -0.2) is 21.8 Å². The summed E-state index contributed by atoms with van der Waals surface area (Å²) in [5.41, 5.74) is 0. The van der Waals surface area contributed by atoms with Gasteiger partial charge < -0.3 is 0 Å². The summed E-state index contributed by atoms with van der Waals surface area (Å²) in [7, 11) is 0. The highest BCUT2D eigenvalue weighted by Crippen LogP contribution is 2.39. The second kappa shape index (κ2) is 4.34. The van der Waals surface area contributed by atoms with Crippen LogP contribution >= 0.6 is 11.8 Å². The van der Waals surface area contributed by atoms with Gasteiger partial charge in [-0.05, 0) is 19.3 Å². The Hall–Kier alpha value is -0.510. The first-order valence-corrected chi connectivity index (χ1v) is 6.00. The van der Waals surface area contributed by atoms with Crippen LogP contribution in [0.15, 0.2) is 0 Å². The molecule has 1 unspecified atom stereocenters. The molecule has 0 bridgehead atoms. The second-order valence-electron chi connectivity index (χ2n) is 3.53. The molecule has 80 valence electrons. The van der Waals surface area contributed by atoms with E-state index in [4.69, 9.17) is 0 Å². The Bertz CT molecular complexity index is 249. The van der Waals surface area contributed by atoms with Gasteiger partial charge in [0, 0.05) is 0 Å². The van der Waals surface area contributed by atoms with Crippen molar-refractivity contribution in [2.75, 3.05) is 0 Å². The zero-order chi connectivity index (χ0) is 10.8. The minimum absolute atomic E-state index is 0.0624. The summed E-state index contributed by atoms with van der Waals surface area (Å²) < 4.78 is -0.380. The fourth-order valence-electron chi connectivity index (χ4n) is 1.69. The van der Waals surface area contributed by atoms with E-state index in [2.05, 4.69) is 5.32 Å². The Morgan fingerprint density at radius 1 is 1.29 bits per heavy atom. The van der Waals surface area contributed by atoms with Crippen molar-refractivity contribution in [3.63, 3.8) is 0 Å². The third-order valence-corrected chi connectivity index (χ3v) is 4.87. The molecule has 2 amide bonds. The second-order valence-corrected chi connectivity index (χ2v) is 5.12. The first-order chi connectivity index (χ1) is 6.59. The average molecular weight is 215 g/mol. The van der Waals surface area contributed by atoms with Crippen molar-refractivity contribution >= 4 is 23.6 Å². The van der Waals surface area contributed by atoms with Crippen molar-refractivity contribution in [1.29, 1.82) is 0 Å². The van der Waals surface area contributed by atoms with Crippen molar-refractivity contribution in [3.05, 3.63) is 0 Å². The van der Waals surface area contributed by atoms with Crippen LogP contribution in [0.5, 0.6) is 0 Å². The van der Waals surface area contributed by atoms with Gasteiger partial charge in [-0.3, -0.25) is 14.9 Å². The van der Waals surface area contributed by atoms with Crippen LogP contribution in [0, 0.1) is 0 Å². The van der Waals surface area contributed by atoms with Gasteiger partial charge in [-0.15, -0.1) is 11.8 Å². The van der Waals surface area contributed by atoms with Gasteiger partial charge in [-0.2, -0.15) is 0 Å². The van der Waals surface area contributed by atoms with Crippen molar-refractivity contribution < 1.29 is 9.59 Å². The standard InChI is InChI=1S/C10H17NO2S/c1-4-7-8(12)11-9(13)10(5-2,6-3)14-7/h7H,4-6H2,1-3H3,(H,11,12,13). The van der Waals surface area contributed by atoms with E-state index in [0.29, 0.717) is 0 Å². The van der Waals surface area contributed by atoms with Crippen LogP contribution in [0.25, 0.3) is 0 Å². The van der Waals surface area contributed by atoms with E-state index < -0.39 is 0 Å². The molecule has 0 aromatic rings. The number of thioether (sulfide) groups is 1. The van der Waals surface area contributed by atoms with E-state index in [1.807, 2.05) is 20.8 Å². The molecule has 1 atom stereocenters. The third kappa shape index (κ3) is 1.80. The molecule has 1 rings (SSSR count). The number of carbonyl (C=O) groups excluding carboxylic acids is 2. The number of hydrogen-bond acceptors (Lipinski definition) is 3. The van der Waals surface area contributed by atoms with Gasteiger partial charge in [0.15, 0.2) is 0 Å². The van der Waals surface area contributed by atoms with Gasteiger partial charge in [-0.25, -0.2) is 0 Å². The van der Waals surface area contributed by atoms with Crippen molar-refractivity contribution in [2.45, 2.75) is 50.0 Å². The zero-order valence-corrected chi connectivity index (χ0v) is 9.74. The first kappa shape index (κ1) is 11.6. The normalized spacial score (nSPS) is 26.1. The number of hydrogen-bond donors (Lipinski definition) is 1. The average Bonchev–Trinajstić information content (AvgIpc) is 2.19. The lowest BCUT2D eigenvalue weighted by molar-refractivity contribution is -0.132. The van der Waals surface area contributed by atoms with Gasteiger partial charge in [0.1, 0.15) is 0 Å². The maximum absolute atomic E-state index is 11.7. The highest BCUT2D eigenvalue weighted by atomic mass is 32.2. The Balaban J connectivity index is 2.87. The molecule has 0 saturated carbocycles. The van der Waals surface area contributed by atoms with Crippen LogP contribution in [0.4, 0.5) is 0 Å². The highest BCUT2D eigenvalue weighted by Gasteiger charge is 2.44. The third-order valence-electron chi connectivity index (χ3n) is 2.82. The van der Waals surface area contributed by atoms with Crippen molar-refractivity contribution in [2.24, 2.45) is 0 Å². The Morgan fingerprint density at radius 2 is 1.86 bits per heavy atom. The van der Waals surface area contributed by atoms with Crippen LogP contribution in [-0.2, 0) is 9.59 Å². The predicted octanol–water partition coefficient (Wildman–Crippen LogP) is 1.71. The van der Waals surface area contributed by atoms with Crippen LogP contribution < -0.4 is 5.32 Å². The van der Waals surface area contributed by atoms with Crippen LogP contribution in [0.1, 0.15) is 40.0 Å². The van der Waals surface area contributed by atoms with Gasteiger partial charge in [0.2, 0.25) is 11.8 Å². The fourth-order valence-corrected chi connectivity index (χ4v) is 3.06. The summed E-state index contributed by atoms with van der Waals surface area (Å²) in [6, 6.07) is 0. The lowest BCUT2D eigenvalue weighted by Gasteiger charge is -2.36. The molecule has 14 heavy (non-hydrogen) atoms. The summed E-state index contributed by atoms with van der Waals surface area (Å²) in [5.74, 6) is -0.234. The highest BCUT2D eigenvalue weighted by molar-refractivity contribution is 8.02. The van der Waals surface area contributed by atoms with E-state index in [9.17, 15) is 9.59 Å². The molecular formula is C10H17NO2S. The largest absolute Gasteiger partial charge is 0.294 e. The first-order valence-electron chi connectivity index (χ1n) is 5.12. The molecule has 1 heterocycles. The smallest absolute Gasteiger partial charge is 0.242 e. The number of carbonyl (C=O) groups is 2. The molecule has 0 radical (unpaired) electrons. The molecule has 1 saturated heterocycles. The SMILES string of the molecule is CCC1SC(CC)(CC)C(=O)NC1=O. The molecule has 0 aromatic carbocycles. The van der Waals surface area contributed by atoms with Crippen molar-refractivity contribution in [3.8, 4) is 0 Å². The van der Waals surface area contributed by atoms with E-state index in [1.54, 1.807) is 0 Å². The molecule has 0 spiro atoms. The summed E-state index contributed by atoms with van der Waals surface area (Å²) in [6.07, 6.45) is 2.35. The topological polar surface area (TPSA) is 46.2 Å². The minimum atomic E-state index is -0.380. The summed E-state index contributed by atoms with van der Waals surface area (Å²) >= 11 is 1.53. The molecule has 3 nitrogen and oxygen atoms in total. The number of nitrogens with one attached hydrogen (secondary N) is 1. The lowest BCUT2D eigenvalue weighted by Crippen LogP contribution is -2.55. The lowest BCUT2D eigenvalue weighted by atomic mass is 10.0. The van der Waals surface area contributed by atoms with Gasteiger partial charge in [-0.1, -0.05) is 20.8 Å². The molecular weight excluding hydrogens is 198 g/mol. The molecule has 4 heteroatoms. The quantitative estimate of drug-likeness (QED) is 0.729. The van der Waals surface area contributed by atoms with E-state index in [0.717, 1.165) is 19.3 Å². The Kier molecular flexibility index (Phi) is 3.59. The minimum Gasteiger partial charge on any atom is -0.294 e. The van der Waals surface area contributed by atoms with Gasteiger partial charge in [0.05, 0.1) is 10.00 Å². The van der Waals surface area contributed by atoms with Gasteiger partial charge >= 0.3 is 0 Å². The molecule has 1 aliphatic rings. The van der Waals surface area contributed by atoms with E-state index in [1.165, 1.54) is 11.8 Å². The fraction of sp³-hybridized carbons (Fsp3) is 0.800. The monoisotopic (exact) mass is 215 g/mol. The predicted molar refractivity (Wildman–Crippen MR) is 58.1 cm³/mol. The summed E-state index contributed by atoms with van der Waals surface area (Å²) in [6.45, 7) is 5.97. The molecule has 1 N–H and O–H groups in total. The van der Waals surface area contributed by atoms with Gasteiger partial charge in [0.25, 0.3) is 0 Å². The number of amides is 2.